The number of urea groups is 1. The smallest absolute Gasteiger partial charge is 0.325 e. The maximum absolute atomic E-state index is 13.0. The van der Waals surface area contributed by atoms with Crippen molar-refractivity contribution in [3.63, 3.8) is 0 Å². The van der Waals surface area contributed by atoms with Crippen LogP contribution in [0.5, 0.6) is 0 Å². The van der Waals surface area contributed by atoms with Crippen LogP contribution in [0.1, 0.15) is 23.6 Å². The van der Waals surface area contributed by atoms with E-state index >= 15 is 0 Å². The summed E-state index contributed by atoms with van der Waals surface area (Å²) in [7, 11) is 0. The van der Waals surface area contributed by atoms with Crippen LogP contribution in [0.15, 0.2) is 42.5 Å². The number of carbonyl (C=O) groups is 3. The van der Waals surface area contributed by atoms with Crippen LogP contribution in [-0.2, 0) is 27.5 Å². The molecule has 0 bridgehead atoms. The summed E-state index contributed by atoms with van der Waals surface area (Å²) in [6.07, 6.45) is -10.2. The number of hydrogen-bond acceptors (Lipinski definition) is 3. The lowest BCUT2D eigenvalue weighted by atomic mass is 9.92. The van der Waals surface area contributed by atoms with E-state index in [4.69, 9.17) is 11.6 Å². The first kappa shape index (κ1) is 24.4. The fraction of sp³-hybridized carbons (Fsp3) is 0.250. The molecule has 6 nitrogen and oxygen atoms in total. The van der Waals surface area contributed by atoms with Crippen LogP contribution in [0.4, 0.5) is 36.8 Å². The first-order chi connectivity index (χ1) is 15.1. The van der Waals surface area contributed by atoms with E-state index in [1.54, 1.807) is 12.1 Å². The monoisotopic (exact) mass is 493 g/mol. The van der Waals surface area contributed by atoms with E-state index in [0.29, 0.717) is 17.0 Å². The largest absolute Gasteiger partial charge is 0.416 e. The molecule has 33 heavy (non-hydrogen) atoms. The second kappa shape index (κ2) is 8.25. The Kier molecular flexibility index (Phi) is 6.09. The van der Waals surface area contributed by atoms with Crippen molar-refractivity contribution in [2.24, 2.45) is 0 Å². The average Bonchev–Trinajstić information content (AvgIpc) is 2.90. The molecule has 0 aromatic heterocycles. The first-order valence-electron chi connectivity index (χ1n) is 9.11. The predicted molar refractivity (Wildman–Crippen MR) is 104 cm³/mol. The van der Waals surface area contributed by atoms with Gasteiger partial charge in [-0.1, -0.05) is 29.8 Å². The highest BCUT2D eigenvalue weighted by Gasteiger charge is 2.50. The van der Waals surface area contributed by atoms with Gasteiger partial charge in [-0.2, -0.15) is 26.3 Å². The minimum Gasteiger partial charge on any atom is -0.325 e. The lowest BCUT2D eigenvalue weighted by Crippen LogP contribution is -2.42. The van der Waals surface area contributed by atoms with Crippen LogP contribution in [0.2, 0.25) is 5.02 Å². The summed E-state index contributed by atoms with van der Waals surface area (Å²) < 4.78 is 77.9. The third-order valence-electron chi connectivity index (χ3n) is 4.86. The zero-order valence-corrected chi connectivity index (χ0v) is 17.3. The zero-order valence-electron chi connectivity index (χ0n) is 16.6. The van der Waals surface area contributed by atoms with Crippen LogP contribution in [0.25, 0.3) is 0 Å². The second-order valence-electron chi connectivity index (χ2n) is 7.27. The Hall–Kier alpha value is -3.28. The van der Waals surface area contributed by atoms with Crippen LogP contribution in [0.3, 0.4) is 0 Å². The molecule has 0 aliphatic carbocycles. The van der Waals surface area contributed by atoms with Crippen molar-refractivity contribution in [1.82, 2.24) is 10.2 Å². The second-order valence-corrected chi connectivity index (χ2v) is 7.68. The number of alkyl halides is 6. The topological polar surface area (TPSA) is 78.5 Å². The van der Waals surface area contributed by atoms with Crippen molar-refractivity contribution in [3.05, 3.63) is 64.2 Å². The number of carbonyl (C=O) groups excluding carboxylic acids is 3. The van der Waals surface area contributed by atoms with Gasteiger partial charge in [-0.15, -0.1) is 0 Å². The molecule has 0 saturated carbocycles. The van der Waals surface area contributed by atoms with Crippen molar-refractivity contribution < 1.29 is 40.7 Å². The highest BCUT2D eigenvalue weighted by molar-refractivity contribution is 6.32. The number of nitrogens with one attached hydrogen (secondary N) is 2. The number of rotatable bonds is 4. The maximum atomic E-state index is 13.0. The van der Waals surface area contributed by atoms with Gasteiger partial charge in [-0.25, -0.2) is 4.79 Å². The zero-order chi connectivity index (χ0) is 24.8. The Labute approximate surface area is 187 Å². The summed E-state index contributed by atoms with van der Waals surface area (Å²) in [4.78, 5) is 38.0. The Bertz CT molecular complexity index is 1100. The molecule has 176 valence electrons. The predicted octanol–water partition coefficient (Wildman–Crippen LogP) is 4.78. The minimum absolute atomic E-state index is 0.0951. The highest BCUT2D eigenvalue weighted by atomic mass is 35.5. The van der Waals surface area contributed by atoms with Gasteiger partial charge < -0.3 is 10.6 Å². The highest BCUT2D eigenvalue weighted by Crippen LogP contribution is 2.38. The molecule has 1 saturated heterocycles. The van der Waals surface area contributed by atoms with E-state index in [-0.39, 0.29) is 16.7 Å². The van der Waals surface area contributed by atoms with Crippen molar-refractivity contribution in [2.45, 2.75) is 24.8 Å². The van der Waals surface area contributed by atoms with Gasteiger partial charge in [0.2, 0.25) is 5.91 Å². The molecular formula is C20H14ClF6N3O3. The van der Waals surface area contributed by atoms with Gasteiger partial charge in [0.1, 0.15) is 12.1 Å². The number of imide groups is 1. The third kappa shape index (κ3) is 4.90. The van der Waals surface area contributed by atoms with Crippen molar-refractivity contribution in [2.75, 3.05) is 11.9 Å². The SMILES string of the molecule is CC1(c2ccccc2Cl)NC(=O)N(CC(=O)Nc2cc(C(F)(F)F)cc(C(F)(F)F)c2)C1=O. The summed E-state index contributed by atoms with van der Waals surface area (Å²) in [6.45, 7) is 0.386. The van der Waals surface area contributed by atoms with E-state index in [1.165, 1.54) is 19.1 Å². The van der Waals surface area contributed by atoms with Crippen LogP contribution >= 0.6 is 11.6 Å². The van der Waals surface area contributed by atoms with Gasteiger partial charge in [0.05, 0.1) is 11.1 Å². The van der Waals surface area contributed by atoms with Gasteiger partial charge in [0.25, 0.3) is 5.91 Å². The molecule has 2 N–H and O–H groups in total. The molecule has 1 aliphatic heterocycles. The number of halogens is 7. The normalized spacial score (nSPS) is 19.0. The molecule has 4 amide bonds. The van der Waals surface area contributed by atoms with E-state index in [1.807, 2.05) is 5.32 Å². The third-order valence-corrected chi connectivity index (χ3v) is 5.19. The van der Waals surface area contributed by atoms with Crippen molar-refractivity contribution in [1.29, 1.82) is 0 Å². The summed E-state index contributed by atoms with van der Waals surface area (Å²) >= 11 is 6.09. The Morgan fingerprint density at radius 3 is 2.09 bits per heavy atom. The average molecular weight is 494 g/mol. The lowest BCUT2D eigenvalue weighted by molar-refractivity contribution is -0.143. The Morgan fingerprint density at radius 1 is 1.03 bits per heavy atom. The van der Waals surface area contributed by atoms with Crippen LogP contribution in [-0.4, -0.2) is 29.3 Å². The van der Waals surface area contributed by atoms with E-state index < -0.39 is 59.1 Å². The summed E-state index contributed by atoms with van der Waals surface area (Å²) in [5.74, 6) is -2.06. The van der Waals surface area contributed by atoms with Crippen LogP contribution in [0, 0.1) is 0 Å². The number of amides is 4. The number of benzene rings is 2. The molecule has 1 heterocycles. The van der Waals surface area contributed by atoms with E-state index in [9.17, 15) is 40.7 Å². The van der Waals surface area contributed by atoms with E-state index in [0.717, 1.165) is 0 Å². The van der Waals surface area contributed by atoms with E-state index in [2.05, 4.69) is 5.32 Å². The van der Waals surface area contributed by atoms with Gasteiger partial charge in [-0.05, 0) is 31.2 Å². The Morgan fingerprint density at radius 2 is 1.58 bits per heavy atom. The van der Waals surface area contributed by atoms with Gasteiger partial charge in [0.15, 0.2) is 0 Å². The van der Waals surface area contributed by atoms with Crippen molar-refractivity contribution in [3.8, 4) is 0 Å². The van der Waals surface area contributed by atoms with Crippen molar-refractivity contribution >= 4 is 35.1 Å². The molecule has 1 atom stereocenters. The molecule has 2 aromatic carbocycles. The molecule has 0 radical (unpaired) electrons. The standard InChI is InChI=1S/C20H14ClF6N3O3/c1-18(13-4-2-3-5-14(13)21)16(32)30(17(33)29-18)9-15(31)28-12-7-10(19(22,23)24)6-11(8-12)20(25,26)27/h2-8H,9H2,1H3,(H,28,31)(H,29,33). The van der Waals surface area contributed by atoms with Gasteiger partial charge in [0, 0.05) is 16.3 Å². The quantitative estimate of drug-likeness (QED) is 0.475. The van der Waals surface area contributed by atoms with Crippen LogP contribution < -0.4 is 10.6 Å². The number of anilines is 1. The Balaban J connectivity index is 1.83. The maximum Gasteiger partial charge on any atom is 0.416 e. The minimum atomic E-state index is -5.11. The molecule has 2 aromatic rings. The first-order valence-corrected chi connectivity index (χ1v) is 9.49. The summed E-state index contributed by atoms with van der Waals surface area (Å²) in [6, 6.07) is 5.65. The summed E-state index contributed by atoms with van der Waals surface area (Å²) in [5, 5.41) is 4.42. The molecule has 1 fully saturated rings. The van der Waals surface area contributed by atoms with Gasteiger partial charge >= 0.3 is 18.4 Å². The molecule has 3 rings (SSSR count). The number of hydrogen-bond donors (Lipinski definition) is 2. The molecule has 1 aliphatic rings. The molecule has 1 unspecified atom stereocenters. The molecule has 0 spiro atoms. The fourth-order valence-electron chi connectivity index (χ4n) is 3.26. The van der Waals surface area contributed by atoms with Gasteiger partial charge in [-0.3, -0.25) is 14.5 Å². The molecular weight excluding hydrogens is 480 g/mol. The number of nitrogens with zero attached hydrogens (tertiary/aromatic N) is 1. The fourth-order valence-corrected chi connectivity index (χ4v) is 3.59. The molecule has 13 heteroatoms. The lowest BCUT2D eigenvalue weighted by Gasteiger charge is -2.23. The summed E-state index contributed by atoms with van der Waals surface area (Å²) in [5.41, 5.74) is -5.46.